The second-order valence-electron chi connectivity index (χ2n) is 4.22. The highest BCUT2D eigenvalue weighted by atomic mass is 35.5. The highest BCUT2D eigenvalue weighted by Gasteiger charge is 2.17. The Kier molecular flexibility index (Phi) is 4.35. The lowest BCUT2D eigenvalue weighted by Crippen LogP contribution is -2.14. The third kappa shape index (κ3) is 3.14. The van der Waals surface area contributed by atoms with E-state index in [4.69, 9.17) is 16.3 Å². The van der Waals surface area contributed by atoms with Crippen molar-refractivity contribution >= 4 is 17.4 Å². The third-order valence-corrected chi connectivity index (χ3v) is 3.01. The summed E-state index contributed by atoms with van der Waals surface area (Å²) in [6.07, 6.45) is 0. The van der Waals surface area contributed by atoms with E-state index >= 15 is 0 Å². The molecular weight excluding hydrogens is 286 g/mol. The van der Waals surface area contributed by atoms with E-state index in [0.29, 0.717) is 10.8 Å². The first-order valence-corrected chi connectivity index (χ1v) is 6.23. The van der Waals surface area contributed by atoms with Crippen molar-refractivity contribution in [2.45, 2.75) is 6.92 Å². The number of hydrogen-bond donors (Lipinski definition) is 0. The summed E-state index contributed by atoms with van der Waals surface area (Å²) in [6.45, 7) is 1.05. The average molecular weight is 297 g/mol. The highest BCUT2D eigenvalue weighted by Crippen LogP contribution is 2.18. The van der Waals surface area contributed by atoms with Gasteiger partial charge in [-0.2, -0.15) is 0 Å². The molecule has 104 valence electrons. The molecule has 0 aliphatic heterocycles. The Hall–Kier alpha value is -1.94. The minimum atomic E-state index is -1.14. The maximum Gasteiger partial charge on any atom is 0.203 e. The maximum atomic E-state index is 13.6. The van der Waals surface area contributed by atoms with E-state index in [1.54, 1.807) is 24.3 Å². The summed E-state index contributed by atoms with van der Waals surface area (Å²) in [5.74, 6) is -2.36. The fraction of sp³-hybridized carbons (Fsp3) is 0.133. The van der Waals surface area contributed by atoms with Crippen LogP contribution in [0.4, 0.5) is 8.78 Å². The molecule has 2 aromatic carbocycles. The molecule has 0 atom stereocenters. The number of ketones is 1. The normalized spacial score (nSPS) is 10.4. The number of Topliss-reactive ketones (excluding diaryl/α,β-unsaturated/α-hetero) is 1. The van der Waals surface area contributed by atoms with Crippen LogP contribution in [-0.2, 0) is 0 Å². The summed E-state index contributed by atoms with van der Waals surface area (Å²) >= 11 is 5.71. The first-order chi connectivity index (χ1) is 9.49. The Bertz CT molecular complexity index is 639. The van der Waals surface area contributed by atoms with Crippen LogP contribution >= 0.6 is 11.6 Å². The predicted octanol–water partition coefficient (Wildman–Crippen LogP) is 4.19. The quantitative estimate of drug-likeness (QED) is 0.791. The molecule has 2 rings (SSSR count). The van der Waals surface area contributed by atoms with Crippen molar-refractivity contribution in [3.63, 3.8) is 0 Å². The van der Waals surface area contributed by atoms with Gasteiger partial charge in [0.2, 0.25) is 5.78 Å². The summed E-state index contributed by atoms with van der Waals surface area (Å²) < 4.78 is 32.2. The van der Waals surface area contributed by atoms with Gasteiger partial charge in [0.15, 0.2) is 18.2 Å². The Balaban J connectivity index is 2.09. The van der Waals surface area contributed by atoms with E-state index in [2.05, 4.69) is 0 Å². The van der Waals surface area contributed by atoms with Crippen LogP contribution in [-0.4, -0.2) is 12.4 Å². The minimum absolute atomic E-state index is 0.151. The first kappa shape index (κ1) is 14.5. The van der Waals surface area contributed by atoms with Crippen LogP contribution in [0.15, 0.2) is 36.4 Å². The second kappa shape index (κ2) is 6.01. The number of halogens is 3. The predicted molar refractivity (Wildman–Crippen MR) is 72.4 cm³/mol. The fourth-order valence-electron chi connectivity index (χ4n) is 1.62. The number of benzene rings is 2. The highest BCUT2D eigenvalue weighted by molar-refractivity contribution is 6.30. The molecule has 0 aliphatic carbocycles. The van der Waals surface area contributed by atoms with E-state index in [1.165, 1.54) is 19.1 Å². The number of hydrogen-bond acceptors (Lipinski definition) is 2. The van der Waals surface area contributed by atoms with Gasteiger partial charge in [-0.15, -0.1) is 0 Å². The Morgan fingerprint density at radius 3 is 2.40 bits per heavy atom. The molecule has 0 spiro atoms. The maximum absolute atomic E-state index is 13.6. The lowest BCUT2D eigenvalue weighted by molar-refractivity contribution is 0.0916. The molecular formula is C15H11ClF2O2. The van der Waals surface area contributed by atoms with Gasteiger partial charge in [-0.05, 0) is 42.8 Å². The molecule has 0 radical (unpaired) electrons. The largest absolute Gasteiger partial charge is 0.485 e. The summed E-state index contributed by atoms with van der Waals surface area (Å²) in [5.41, 5.74) is -0.167. The fourth-order valence-corrected chi connectivity index (χ4v) is 1.74. The summed E-state index contributed by atoms with van der Waals surface area (Å²) in [5, 5.41) is 0.537. The summed E-state index contributed by atoms with van der Waals surface area (Å²) in [7, 11) is 0. The van der Waals surface area contributed by atoms with Crippen molar-refractivity contribution in [1.29, 1.82) is 0 Å². The van der Waals surface area contributed by atoms with Crippen molar-refractivity contribution in [2.75, 3.05) is 6.61 Å². The van der Waals surface area contributed by atoms with E-state index < -0.39 is 17.4 Å². The van der Waals surface area contributed by atoms with E-state index in [-0.39, 0.29) is 17.7 Å². The third-order valence-electron chi connectivity index (χ3n) is 2.76. The number of aryl methyl sites for hydroxylation is 1. The summed E-state index contributed by atoms with van der Waals surface area (Å²) in [4.78, 5) is 11.8. The van der Waals surface area contributed by atoms with Gasteiger partial charge >= 0.3 is 0 Å². The van der Waals surface area contributed by atoms with Gasteiger partial charge < -0.3 is 4.74 Å². The van der Waals surface area contributed by atoms with Crippen LogP contribution in [0.3, 0.4) is 0 Å². The molecule has 5 heteroatoms. The zero-order chi connectivity index (χ0) is 14.7. The van der Waals surface area contributed by atoms with Gasteiger partial charge in [-0.3, -0.25) is 4.79 Å². The average Bonchev–Trinajstić information content (AvgIpc) is 2.44. The van der Waals surface area contributed by atoms with Crippen molar-refractivity contribution in [1.82, 2.24) is 0 Å². The standard InChI is InChI=1S/C15H11ClF2O2/c1-9-2-7-12(15(18)14(9)17)13(19)8-20-11-5-3-10(16)4-6-11/h2-7H,8H2,1H3. The Morgan fingerprint density at radius 1 is 1.10 bits per heavy atom. The minimum Gasteiger partial charge on any atom is -0.485 e. The van der Waals surface area contributed by atoms with Crippen molar-refractivity contribution < 1.29 is 18.3 Å². The molecule has 0 aromatic heterocycles. The zero-order valence-corrected chi connectivity index (χ0v) is 11.4. The smallest absolute Gasteiger partial charge is 0.203 e. The van der Waals surface area contributed by atoms with E-state index in [1.807, 2.05) is 0 Å². The van der Waals surface area contributed by atoms with Crippen molar-refractivity contribution in [3.8, 4) is 5.75 Å². The molecule has 2 aromatic rings. The Morgan fingerprint density at radius 2 is 1.75 bits per heavy atom. The molecule has 0 saturated heterocycles. The SMILES string of the molecule is Cc1ccc(C(=O)COc2ccc(Cl)cc2)c(F)c1F. The van der Waals surface area contributed by atoms with Gasteiger partial charge in [0.25, 0.3) is 0 Å². The molecule has 0 N–H and O–H groups in total. The van der Waals surface area contributed by atoms with Crippen LogP contribution in [0, 0.1) is 18.6 Å². The van der Waals surface area contributed by atoms with Gasteiger partial charge in [0.05, 0.1) is 5.56 Å². The van der Waals surface area contributed by atoms with Gasteiger partial charge in [-0.1, -0.05) is 17.7 Å². The Labute approximate surface area is 119 Å². The molecule has 0 aliphatic rings. The zero-order valence-electron chi connectivity index (χ0n) is 10.6. The molecule has 0 amide bonds. The van der Waals surface area contributed by atoms with Gasteiger partial charge in [0.1, 0.15) is 5.75 Å². The molecule has 0 heterocycles. The number of carbonyl (C=O) groups is 1. The van der Waals surface area contributed by atoms with Crippen LogP contribution in [0.1, 0.15) is 15.9 Å². The molecule has 0 unspecified atom stereocenters. The number of ether oxygens (including phenoxy) is 1. The second-order valence-corrected chi connectivity index (χ2v) is 4.66. The molecule has 20 heavy (non-hydrogen) atoms. The summed E-state index contributed by atoms with van der Waals surface area (Å²) in [6, 6.07) is 8.99. The number of rotatable bonds is 4. The molecule has 0 saturated carbocycles. The van der Waals surface area contributed by atoms with Gasteiger partial charge in [0, 0.05) is 5.02 Å². The van der Waals surface area contributed by atoms with Crippen LogP contribution in [0.5, 0.6) is 5.75 Å². The molecule has 0 bridgehead atoms. The van der Waals surface area contributed by atoms with E-state index in [9.17, 15) is 13.6 Å². The van der Waals surface area contributed by atoms with E-state index in [0.717, 1.165) is 0 Å². The lowest BCUT2D eigenvalue weighted by atomic mass is 10.1. The number of carbonyl (C=O) groups excluding carboxylic acids is 1. The monoisotopic (exact) mass is 296 g/mol. The van der Waals surface area contributed by atoms with Crippen LogP contribution in [0.2, 0.25) is 5.02 Å². The van der Waals surface area contributed by atoms with Crippen LogP contribution < -0.4 is 4.74 Å². The first-order valence-electron chi connectivity index (χ1n) is 5.85. The molecule has 0 fully saturated rings. The topological polar surface area (TPSA) is 26.3 Å². The van der Waals surface area contributed by atoms with Crippen molar-refractivity contribution in [3.05, 3.63) is 64.2 Å². The van der Waals surface area contributed by atoms with Crippen molar-refractivity contribution in [2.24, 2.45) is 0 Å². The lowest BCUT2D eigenvalue weighted by Gasteiger charge is -2.07. The van der Waals surface area contributed by atoms with Gasteiger partial charge in [-0.25, -0.2) is 8.78 Å². The molecule has 2 nitrogen and oxygen atoms in total. The van der Waals surface area contributed by atoms with Crippen LogP contribution in [0.25, 0.3) is 0 Å².